The molecule has 3 aromatic heterocycles. The summed E-state index contributed by atoms with van der Waals surface area (Å²) < 4.78 is 55.9. The van der Waals surface area contributed by atoms with Crippen LogP contribution in [0.1, 0.15) is 33.4 Å². The fourth-order valence-corrected chi connectivity index (χ4v) is 4.64. The Kier molecular flexibility index (Phi) is 4.59. The zero-order chi connectivity index (χ0) is 25.4. The number of H-pyrrole nitrogens is 1. The number of nitrogens with one attached hydrogen (secondary N) is 1. The molecule has 0 fully saturated rings. The third kappa shape index (κ3) is 3.21. The highest BCUT2D eigenvalue weighted by Gasteiger charge is 2.44. The largest absolute Gasteiger partial charge is 0.504 e. The van der Waals surface area contributed by atoms with Gasteiger partial charge in [0.15, 0.2) is 5.69 Å². The van der Waals surface area contributed by atoms with Gasteiger partial charge in [-0.25, -0.2) is 9.37 Å². The van der Waals surface area contributed by atoms with Crippen LogP contribution in [0.2, 0.25) is 0 Å². The first-order valence-electron chi connectivity index (χ1n) is 10.9. The summed E-state index contributed by atoms with van der Waals surface area (Å²) in [5, 5.41) is 7.68. The van der Waals surface area contributed by atoms with Gasteiger partial charge in [-0.05, 0) is 36.8 Å². The lowest BCUT2D eigenvalue weighted by molar-refractivity contribution is -0.212. The number of carbonyl (C=O) groups excluding carboxylic acids is 1. The first-order chi connectivity index (χ1) is 17.1. The van der Waals surface area contributed by atoms with Crippen molar-refractivity contribution in [2.45, 2.75) is 19.3 Å². The van der Waals surface area contributed by atoms with Gasteiger partial charge < -0.3 is 4.98 Å². The molecule has 6 rings (SSSR count). The molecule has 8 nitrogen and oxygen atoms in total. The van der Waals surface area contributed by atoms with Gasteiger partial charge in [0.1, 0.15) is 5.82 Å². The Morgan fingerprint density at radius 1 is 1.08 bits per heavy atom. The number of aromatic nitrogens is 6. The van der Waals surface area contributed by atoms with E-state index in [0.717, 1.165) is 24.0 Å². The van der Waals surface area contributed by atoms with E-state index in [4.69, 9.17) is 0 Å². The first-order valence-corrected chi connectivity index (χ1v) is 10.9. The maximum Gasteiger partial charge on any atom is 0.504 e. The number of imidazole rings is 1. The SMILES string of the molecule is Cc1c2c(nn1C)C(=O)N(c1ccc3[nH]cnc3c1)C2c1ccc(-c2cnn(C(F)(F)F)c2)cc1F. The van der Waals surface area contributed by atoms with Crippen molar-refractivity contribution in [1.29, 1.82) is 0 Å². The van der Waals surface area contributed by atoms with Crippen LogP contribution in [0.4, 0.5) is 23.2 Å². The fourth-order valence-electron chi connectivity index (χ4n) is 4.64. The number of nitrogens with zero attached hydrogens (tertiary/aromatic N) is 6. The molecule has 0 aliphatic carbocycles. The molecule has 0 radical (unpaired) electrons. The number of fused-ring (bicyclic) bond motifs is 2. The molecule has 2 aromatic carbocycles. The number of carbonyl (C=O) groups is 1. The van der Waals surface area contributed by atoms with Crippen LogP contribution in [-0.4, -0.2) is 35.4 Å². The van der Waals surface area contributed by atoms with Crippen molar-refractivity contribution in [2.75, 3.05) is 4.90 Å². The van der Waals surface area contributed by atoms with Gasteiger partial charge in [0.2, 0.25) is 0 Å². The predicted molar refractivity (Wildman–Crippen MR) is 122 cm³/mol. The molecule has 1 atom stereocenters. The molecule has 0 bridgehead atoms. The third-order valence-corrected chi connectivity index (χ3v) is 6.49. The molecule has 5 aromatic rings. The predicted octanol–water partition coefficient (Wildman–Crippen LogP) is 4.83. The zero-order valence-electron chi connectivity index (χ0n) is 18.9. The van der Waals surface area contributed by atoms with E-state index in [1.165, 1.54) is 23.4 Å². The van der Waals surface area contributed by atoms with Gasteiger partial charge in [-0.2, -0.15) is 14.9 Å². The third-order valence-electron chi connectivity index (χ3n) is 6.49. The maximum absolute atomic E-state index is 15.6. The number of alkyl halides is 3. The summed E-state index contributed by atoms with van der Waals surface area (Å²) in [5.41, 5.74) is 3.94. The van der Waals surface area contributed by atoms with Gasteiger partial charge in [-0.1, -0.05) is 12.1 Å². The highest BCUT2D eigenvalue weighted by molar-refractivity contribution is 6.11. The monoisotopic (exact) mass is 495 g/mol. The molecule has 4 heterocycles. The van der Waals surface area contributed by atoms with E-state index in [9.17, 15) is 18.0 Å². The lowest BCUT2D eigenvalue weighted by Gasteiger charge is -2.27. The standard InChI is InChI=1S/C24H17F4N7O/c1-12-20-21(32-33(12)2)23(36)35(15-4-6-18-19(8-15)30-11-29-18)22(20)16-5-3-13(7-17(16)25)14-9-31-34(10-14)24(26,27)28/h3-11,22H,1-2H3,(H,29,30). The summed E-state index contributed by atoms with van der Waals surface area (Å²) in [6.45, 7) is 1.80. The molecule has 0 saturated carbocycles. The second-order valence-electron chi connectivity index (χ2n) is 8.53. The minimum absolute atomic E-state index is 0.111. The second kappa shape index (κ2) is 7.51. The van der Waals surface area contributed by atoms with Crippen molar-refractivity contribution >= 4 is 22.6 Å². The number of hydrogen-bond donors (Lipinski definition) is 1. The van der Waals surface area contributed by atoms with Crippen LogP contribution >= 0.6 is 0 Å². The van der Waals surface area contributed by atoms with Crippen molar-refractivity contribution in [3.05, 3.63) is 83.5 Å². The van der Waals surface area contributed by atoms with E-state index in [1.54, 1.807) is 36.9 Å². The summed E-state index contributed by atoms with van der Waals surface area (Å²) in [5.74, 6) is -1.06. The highest BCUT2D eigenvalue weighted by atomic mass is 19.4. The van der Waals surface area contributed by atoms with Gasteiger partial charge in [0, 0.05) is 41.3 Å². The summed E-state index contributed by atoms with van der Waals surface area (Å²) in [6.07, 6.45) is -1.32. The molecule has 182 valence electrons. The molecular formula is C24H17F4N7O. The van der Waals surface area contributed by atoms with Crippen LogP contribution in [0.25, 0.3) is 22.2 Å². The smallest absolute Gasteiger partial charge is 0.345 e. The zero-order valence-corrected chi connectivity index (χ0v) is 18.9. The molecular weight excluding hydrogens is 478 g/mol. The van der Waals surface area contributed by atoms with E-state index in [0.29, 0.717) is 22.5 Å². The van der Waals surface area contributed by atoms with Gasteiger partial charge in [-0.15, -0.1) is 13.2 Å². The van der Waals surface area contributed by atoms with Gasteiger partial charge in [0.25, 0.3) is 5.91 Å². The summed E-state index contributed by atoms with van der Waals surface area (Å²) in [6, 6.07) is 8.57. The lowest BCUT2D eigenvalue weighted by atomic mass is 9.96. The van der Waals surface area contributed by atoms with Crippen LogP contribution in [-0.2, 0) is 13.3 Å². The first kappa shape index (κ1) is 22.0. The number of amides is 1. The summed E-state index contributed by atoms with van der Waals surface area (Å²) in [7, 11) is 1.70. The number of hydrogen-bond acceptors (Lipinski definition) is 4. The van der Waals surface area contributed by atoms with E-state index in [2.05, 4.69) is 20.2 Å². The van der Waals surface area contributed by atoms with E-state index in [-0.39, 0.29) is 33.0 Å². The van der Waals surface area contributed by atoms with Crippen molar-refractivity contribution < 1.29 is 22.4 Å². The topological polar surface area (TPSA) is 84.6 Å². The average Bonchev–Trinajstić information content (AvgIpc) is 3.60. The average molecular weight is 495 g/mol. The van der Waals surface area contributed by atoms with Crippen LogP contribution in [0.5, 0.6) is 0 Å². The Morgan fingerprint density at radius 2 is 1.89 bits per heavy atom. The number of benzene rings is 2. The Hall–Kier alpha value is -4.48. The van der Waals surface area contributed by atoms with Crippen molar-refractivity contribution in [2.24, 2.45) is 7.05 Å². The van der Waals surface area contributed by atoms with Crippen molar-refractivity contribution in [3.8, 4) is 11.1 Å². The van der Waals surface area contributed by atoms with Crippen molar-refractivity contribution in [1.82, 2.24) is 29.5 Å². The lowest BCUT2D eigenvalue weighted by Crippen LogP contribution is -2.30. The van der Waals surface area contributed by atoms with E-state index in [1.807, 2.05) is 0 Å². The van der Waals surface area contributed by atoms with Crippen LogP contribution in [0.3, 0.4) is 0 Å². The van der Waals surface area contributed by atoms with Gasteiger partial charge >= 0.3 is 6.30 Å². The summed E-state index contributed by atoms with van der Waals surface area (Å²) >= 11 is 0. The van der Waals surface area contributed by atoms with E-state index >= 15 is 4.39 Å². The normalized spacial score (nSPS) is 15.8. The molecule has 12 heteroatoms. The van der Waals surface area contributed by atoms with E-state index < -0.39 is 18.2 Å². The minimum atomic E-state index is -4.68. The summed E-state index contributed by atoms with van der Waals surface area (Å²) in [4.78, 5) is 22.2. The molecule has 1 amide bonds. The number of aromatic amines is 1. The molecule has 1 unspecified atom stereocenters. The Labute approximate surface area is 200 Å². The van der Waals surface area contributed by atoms with Crippen LogP contribution < -0.4 is 4.90 Å². The number of rotatable bonds is 3. The fraction of sp³-hybridized carbons (Fsp3) is 0.167. The minimum Gasteiger partial charge on any atom is -0.345 e. The van der Waals surface area contributed by atoms with Crippen LogP contribution in [0.15, 0.2) is 55.1 Å². The number of halogens is 4. The highest BCUT2D eigenvalue weighted by Crippen LogP contribution is 2.44. The van der Waals surface area contributed by atoms with Gasteiger partial charge in [0.05, 0.1) is 29.6 Å². The van der Waals surface area contributed by atoms with Crippen LogP contribution in [0, 0.1) is 12.7 Å². The maximum atomic E-state index is 15.6. The molecule has 1 aliphatic rings. The Bertz CT molecular complexity index is 1660. The Balaban J connectivity index is 1.48. The second-order valence-corrected chi connectivity index (χ2v) is 8.53. The number of aryl methyl sites for hydroxylation is 1. The molecule has 0 spiro atoms. The molecule has 36 heavy (non-hydrogen) atoms. The number of anilines is 1. The van der Waals surface area contributed by atoms with Crippen molar-refractivity contribution in [3.63, 3.8) is 0 Å². The molecule has 0 saturated heterocycles. The van der Waals surface area contributed by atoms with Gasteiger partial charge in [-0.3, -0.25) is 14.4 Å². The quantitative estimate of drug-likeness (QED) is 0.364. The molecule has 1 N–H and O–H groups in total. The Morgan fingerprint density at radius 3 is 2.61 bits per heavy atom. The molecule has 1 aliphatic heterocycles.